The zero-order chi connectivity index (χ0) is 15.8. The molecule has 114 valence electrons. The summed E-state index contributed by atoms with van der Waals surface area (Å²) in [5, 5.41) is 13.8. The zero-order valence-electron chi connectivity index (χ0n) is 11.8. The molecular weight excluding hydrogens is 379 g/mol. The number of fused-ring (bicyclic) bond motifs is 1. The minimum absolute atomic E-state index is 0.290. The van der Waals surface area contributed by atoms with Crippen LogP contribution in [-0.2, 0) is 6.42 Å². The second kappa shape index (κ2) is 5.82. The molecule has 2 aromatic carbocycles. The summed E-state index contributed by atoms with van der Waals surface area (Å²) in [7, 11) is 0. The molecule has 4 nitrogen and oxygen atoms in total. The van der Waals surface area contributed by atoms with E-state index in [9.17, 15) is 4.39 Å². The molecule has 0 bridgehead atoms. The topological polar surface area (TPSA) is 43.1 Å². The van der Waals surface area contributed by atoms with Crippen LogP contribution in [0, 0.1) is 5.82 Å². The minimum atomic E-state index is -0.290. The molecule has 0 aliphatic heterocycles. The van der Waals surface area contributed by atoms with E-state index in [2.05, 4.69) is 31.2 Å². The molecule has 2 aromatic heterocycles. The van der Waals surface area contributed by atoms with Crippen LogP contribution in [0.1, 0.15) is 11.4 Å². The predicted octanol–water partition coefficient (Wildman–Crippen LogP) is 4.35. The molecule has 0 atom stereocenters. The molecule has 0 saturated heterocycles. The monoisotopic (exact) mass is 388 g/mol. The molecule has 0 N–H and O–H groups in total. The molecule has 23 heavy (non-hydrogen) atoms. The Balaban J connectivity index is 1.72. The molecule has 0 saturated carbocycles. The Morgan fingerprint density at radius 2 is 1.91 bits per heavy atom. The van der Waals surface area contributed by atoms with Crippen LogP contribution < -0.4 is 0 Å². The van der Waals surface area contributed by atoms with Gasteiger partial charge in [-0.15, -0.1) is 10.2 Å². The number of hydrogen-bond acceptors (Lipinski definition) is 4. The average molecular weight is 389 g/mol. The lowest BCUT2D eigenvalue weighted by molar-refractivity contribution is 0.621. The Hall–Kier alpha value is -2.12. The predicted molar refractivity (Wildman–Crippen MR) is 91.0 cm³/mol. The summed E-state index contributed by atoms with van der Waals surface area (Å²) in [5.74, 6) is 0.497. The summed E-state index contributed by atoms with van der Waals surface area (Å²) in [6.45, 7) is 0. The summed E-state index contributed by atoms with van der Waals surface area (Å²) in [4.78, 5) is 0.728. The second-order valence-electron chi connectivity index (χ2n) is 5.01. The van der Waals surface area contributed by atoms with Crippen LogP contribution in [0.3, 0.4) is 0 Å². The Morgan fingerprint density at radius 3 is 2.70 bits per heavy atom. The van der Waals surface area contributed by atoms with Gasteiger partial charge in [0.2, 0.25) is 4.96 Å². The van der Waals surface area contributed by atoms with Crippen LogP contribution in [0.2, 0.25) is 0 Å². The van der Waals surface area contributed by atoms with Gasteiger partial charge in [0, 0.05) is 12.0 Å². The molecular formula is C16H10BrFN4S. The maximum absolute atomic E-state index is 13.4. The van der Waals surface area contributed by atoms with Gasteiger partial charge in [0.1, 0.15) is 10.8 Å². The summed E-state index contributed by atoms with van der Waals surface area (Å²) in [6, 6.07) is 14.9. The first-order valence-electron chi connectivity index (χ1n) is 6.91. The van der Waals surface area contributed by atoms with Crippen LogP contribution in [-0.4, -0.2) is 19.8 Å². The van der Waals surface area contributed by atoms with Gasteiger partial charge in [-0.1, -0.05) is 41.7 Å². The number of nitrogens with zero attached hydrogens (tertiary/aromatic N) is 4. The molecule has 0 aliphatic rings. The van der Waals surface area contributed by atoms with Gasteiger partial charge < -0.3 is 0 Å². The van der Waals surface area contributed by atoms with Gasteiger partial charge in [-0.3, -0.25) is 0 Å². The minimum Gasteiger partial charge on any atom is -0.206 e. The molecule has 0 radical (unpaired) electrons. The molecule has 0 amide bonds. The van der Waals surface area contributed by atoms with Gasteiger partial charge in [-0.2, -0.15) is 9.61 Å². The standard InChI is InChI=1S/C16H10BrFN4S/c17-12-9-11(6-7-13(12)18)15-21-22-14(19-20-16(22)23-15)8-10-4-2-1-3-5-10/h1-7,9H,8H2. The highest BCUT2D eigenvalue weighted by Crippen LogP contribution is 2.29. The van der Waals surface area contributed by atoms with Gasteiger partial charge in [-0.05, 0) is 39.7 Å². The molecule has 2 heterocycles. The van der Waals surface area contributed by atoms with Crippen LogP contribution in [0.15, 0.2) is 53.0 Å². The Morgan fingerprint density at radius 1 is 1.09 bits per heavy atom. The van der Waals surface area contributed by atoms with Crippen molar-refractivity contribution >= 4 is 32.2 Å². The first kappa shape index (κ1) is 14.5. The van der Waals surface area contributed by atoms with Crippen LogP contribution in [0.4, 0.5) is 4.39 Å². The average Bonchev–Trinajstić information content (AvgIpc) is 3.13. The second-order valence-corrected chi connectivity index (χ2v) is 6.82. The SMILES string of the molecule is Fc1ccc(-c2nn3c(Cc4ccccc4)nnc3s2)cc1Br. The summed E-state index contributed by atoms with van der Waals surface area (Å²) in [5.41, 5.74) is 2.00. The van der Waals surface area contributed by atoms with Gasteiger partial charge in [-0.25, -0.2) is 4.39 Å². The highest BCUT2D eigenvalue weighted by atomic mass is 79.9. The smallest absolute Gasteiger partial charge is 0.206 e. The lowest BCUT2D eigenvalue weighted by Gasteiger charge is -1.99. The van der Waals surface area contributed by atoms with Crippen molar-refractivity contribution in [3.05, 3.63) is 70.2 Å². The van der Waals surface area contributed by atoms with E-state index >= 15 is 0 Å². The van der Waals surface area contributed by atoms with E-state index in [0.717, 1.165) is 26.9 Å². The number of aromatic nitrogens is 4. The molecule has 7 heteroatoms. The molecule has 4 aromatic rings. The Kier molecular flexibility index (Phi) is 3.66. The van der Waals surface area contributed by atoms with Crippen LogP contribution in [0.5, 0.6) is 0 Å². The highest BCUT2D eigenvalue weighted by molar-refractivity contribution is 9.10. The van der Waals surface area contributed by atoms with Gasteiger partial charge >= 0.3 is 0 Å². The normalized spacial score (nSPS) is 11.2. The zero-order valence-corrected chi connectivity index (χ0v) is 14.2. The number of halogens is 2. The fourth-order valence-corrected chi connectivity index (χ4v) is 3.53. The van der Waals surface area contributed by atoms with Gasteiger partial charge in [0.15, 0.2) is 5.82 Å². The highest BCUT2D eigenvalue weighted by Gasteiger charge is 2.14. The van der Waals surface area contributed by atoms with Gasteiger partial charge in [0.05, 0.1) is 4.47 Å². The van der Waals surface area contributed by atoms with Crippen molar-refractivity contribution in [2.75, 3.05) is 0 Å². The first-order valence-corrected chi connectivity index (χ1v) is 8.52. The largest absolute Gasteiger partial charge is 0.234 e. The van der Waals surface area contributed by atoms with E-state index in [1.54, 1.807) is 16.6 Å². The molecule has 0 aliphatic carbocycles. The molecule has 0 spiro atoms. The van der Waals surface area contributed by atoms with Crippen molar-refractivity contribution in [3.8, 4) is 10.6 Å². The van der Waals surface area contributed by atoms with E-state index in [1.165, 1.54) is 17.4 Å². The van der Waals surface area contributed by atoms with Crippen molar-refractivity contribution in [1.82, 2.24) is 19.8 Å². The van der Waals surface area contributed by atoms with Crippen molar-refractivity contribution in [2.24, 2.45) is 0 Å². The third-order valence-corrected chi connectivity index (χ3v) is 4.98. The fourth-order valence-electron chi connectivity index (χ4n) is 2.29. The number of hydrogen-bond donors (Lipinski definition) is 0. The lowest BCUT2D eigenvalue weighted by Crippen LogP contribution is -1.97. The van der Waals surface area contributed by atoms with Crippen molar-refractivity contribution in [1.29, 1.82) is 0 Å². The van der Waals surface area contributed by atoms with E-state index in [1.807, 2.05) is 30.3 Å². The third-order valence-electron chi connectivity index (χ3n) is 3.43. The quantitative estimate of drug-likeness (QED) is 0.524. The maximum atomic E-state index is 13.4. The van der Waals surface area contributed by atoms with E-state index in [-0.39, 0.29) is 5.82 Å². The van der Waals surface area contributed by atoms with Crippen molar-refractivity contribution < 1.29 is 4.39 Å². The molecule has 4 rings (SSSR count). The molecule has 0 fully saturated rings. The van der Waals surface area contributed by atoms with Gasteiger partial charge in [0.25, 0.3) is 0 Å². The van der Waals surface area contributed by atoms with Crippen molar-refractivity contribution in [2.45, 2.75) is 6.42 Å². The maximum Gasteiger partial charge on any atom is 0.234 e. The van der Waals surface area contributed by atoms with Crippen molar-refractivity contribution in [3.63, 3.8) is 0 Å². The number of benzene rings is 2. The van der Waals surface area contributed by atoms with E-state index in [0.29, 0.717) is 10.9 Å². The fraction of sp³-hybridized carbons (Fsp3) is 0.0625. The summed E-state index contributed by atoms with van der Waals surface area (Å²) >= 11 is 4.63. The Labute approximate surface area is 143 Å². The van der Waals surface area contributed by atoms with E-state index < -0.39 is 0 Å². The summed E-state index contributed by atoms with van der Waals surface area (Å²) in [6.07, 6.45) is 0.665. The first-order chi connectivity index (χ1) is 11.2. The van der Waals surface area contributed by atoms with Crippen LogP contribution in [0.25, 0.3) is 15.5 Å². The number of rotatable bonds is 3. The molecule has 0 unspecified atom stereocenters. The lowest BCUT2D eigenvalue weighted by atomic mass is 10.1. The Bertz CT molecular complexity index is 980. The summed E-state index contributed by atoms with van der Waals surface area (Å²) < 4.78 is 15.5. The van der Waals surface area contributed by atoms with Crippen LogP contribution >= 0.6 is 27.3 Å². The van der Waals surface area contributed by atoms with E-state index in [4.69, 9.17) is 0 Å². The third kappa shape index (κ3) is 2.77.